The number of benzene rings is 1. The van der Waals surface area contributed by atoms with Gasteiger partial charge in [0.2, 0.25) is 0 Å². The van der Waals surface area contributed by atoms with Crippen molar-refractivity contribution in [2.45, 2.75) is 25.5 Å². The molecule has 2 heterocycles. The molecule has 5 heteroatoms. The van der Waals surface area contributed by atoms with Crippen molar-refractivity contribution in [2.24, 2.45) is 5.92 Å². The van der Waals surface area contributed by atoms with E-state index >= 15 is 0 Å². The molecule has 0 radical (unpaired) electrons. The first-order valence-electron chi connectivity index (χ1n) is 7.62. The second-order valence-corrected chi connectivity index (χ2v) is 6.55. The molecule has 1 aromatic heterocycles. The summed E-state index contributed by atoms with van der Waals surface area (Å²) in [4.78, 5) is 6.76. The Morgan fingerprint density at radius 1 is 1.41 bits per heavy atom. The van der Waals surface area contributed by atoms with Crippen molar-refractivity contribution in [3.8, 4) is 0 Å². The van der Waals surface area contributed by atoms with Crippen molar-refractivity contribution in [3.05, 3.63) is 52.2 Å². The molecule has 2 aromatic rings. The van der Waals surface area contributed by atoms with Gasteiger partial charge in [0.25, 0.3) is 0 Å². The molecule has 3 rings (SSSR count). The monoisotopic (exact) mass is 320 g/mol. The molecule has 2 atom stereocenters. The van der Waals surface area contributed by atoms with Crippen molar-refractivity contribution in [2.75, 3.05) is 20.2 Å². The van der Waals surface area contributed by atoms with Crippen molar-refractivity contribution in [1.82, 2.24) is 9.88 Å². The van der Waals surface area contributed by atoms with Gasteiger partial charge in [0.15, 0.2) is 0 Å². The number of piperidine rings is 1. The van der Waals surface area contributed by atoms with Crippen molar-refractivity contribution in [3.63, 3.8) is 0 Å². The maximum atomic E-state index is 13.9. The van der Waals surface area contributed by atoms with E-state index in [1.165, 1.54) is 6.07 Å². The molecule has 0 bridgehead atoms. The van der Waals surface area contributed by atoms with Gasteiger partial charge in [-0.25, -0.2) is 9.37 Å². The van der Waals surface area contributed by atoms with Crippen LogP contribution in [-0.4, -0.2) is 36.2 Å². The van der Waals surface area contributed by atoms with Crippen LogP contribution in [-0.2, 0) is 17.7 Å². The third-order valence-electron chi connectivity index (χ3n) is 4.36. The lowest BCUT2D eigenvalue weighted by Gasteiger charge is -2.37. The summed E-state index contributed by atoms with van der Waals surface area (Å²) in [6.45, 7) is 2.79. The summed E-state index contributed by atoms with van der Waals surface area (Å²) in [5.41, 5.74) is 3.77. The van der Waals surface area contributed by atoms with Crippen LogP contribution in [0.2, 0.25) is 0 Å². The van der Waals surface area contributed by atoms with E-state index in [9.17, 15) is 4.39 Å². The van der Waals surface area contributed by atoms with Gasteiger partial charge in [0.1, 0.15) is 5.82 Å². The Balaban J connectivity index is 1.67. The van der Waals surface area contributed by atoms with Crippen molar-refractivity contribution >= 4 is 11.3 Å². The zero-order valence-electron chi connectivity index (χ0n) is 12.7. The van der Waals surface area contributed by atoms with Gasteiger partial charge < -0.3 is 4.74 Å². The number of ether oxygens (including phenoxy) is 1. The van der Waals surface area contributed by atoms with Gasteiger partial charge in [-0.15, -0.1) is 11.3 Å². The van der Waals surface area contributed by atoms with Crippen LogP contribution in [0.1, 0.15) is 17.7 Å². The highest BCUT2D eigenvalue weighted by atomic mass is 32.1. The number of likely N-dealkylation sites (tertiary alicyclic amines) is 1. The zero-order valence-corrected chi connectivity index (χ0v) is 13.6. The predicted octanol–water partition coefficient (Wildman–Crippen LogP) is 3.36. The molecule has 1 aliphatic heterocycles. The second kappa shape index (κ2) is 7.31. The first-order chi connectivity index (χ1) is 10.8. The normalized spacial score (nSPS) is 22.8. The van der Waals surface area contributed by atoms with Gasteiger partial charge in [-0.05, 0) is 24.5 Å². The van der Waals surface area contributed by atoms with Crippen LogP contribution in [0.3, 0.4) is 0 Å². The number of methoxy groups -OCH3 is 1. The molecule has 0 aliphatic carbocycles. The summed E-state index contributed by atoms with van der Waals surface area (Å²) < 4.78 is 19.6. The summed E-state index contributed by atoms with van der Waals surface area (Å²) in [5, 5.41) is 2.09. The van der Waals surface area contributed by atoms with E-state index in [1.807, 2.05) is 17.6 Å². The van der Waals surface area contributed by atoms with Crippen LogP contribution >= 0.6 is 11.3 Å². The summed E-state index contributed by atoms with van der Waals surface area (Å²) in [5.74, 6) is 0.197. The van der Waals surface area contributed by atoms with E-state index in [2.05, 4.69) is 15.3 Å². The van der Waals surface area contributed by atoms with Crippen LogP contribution < -0.4 is 0 Å². The van der Waals surface area contributed by atoms with E-state index in [0.29, 0.717) is 5.92 Å². The van der Waals surface area contributed by atoms with Gasteiger partial charge in [0.05, 0.1) is 17.3 Å². The van der Waals surface area contributed by atoms with Gasteiger partial charge in [-0.3, -0.25) is 4.90 Å². The average Bonchev–Trinajstić information content (AvgIpc) is 3.03. The molecule has 0 amide bonds. The molecule has 1 fully saturated rings. The molecule has 1 saturated heterocycles. The van der Waals surface area contributed by atoms with Crippen LogP contribution in [0.25, 0.3) is 0 Å². The van der Waals surface area contributed by atoms with Crippen molar-refractivity contribution in [1.29, 1.82) is 0 Å². The summed E-state index contributed by atoms with van der Waals surface area (Å²) in [7, 11) is 1.76. The summed E-state index contributed by atoms with van der Waals surface area (Å²) in [6, 6.07) is 7.05. The van der Waals surface area contributed by atoms with Gasteiger partial charge >= 0.3 is 0 Å². The topological polar surface area (TPSA) is 25.4 Å². The number of halogens is 1. The minimum absolute atomic E-state index is 0.117. The first-order valence-corrected chi connectivity index (χ1v) is 8.56. The third kappa shape index (κ3) is 3.72. The summed E-state index contributed by atoms with van der Waals surface area (Å²) in [6.07, 6.45) is 1.91. The minimum Gasteiger partial charge on any atom is -0.381 e. The SMILES string of the molecule is CO[C@H]1CCN(Cc2cscn2)C[C@H]1Cc1ccccc1F. The molecule has 0 saturated carbocycles. The molecular weight excluding hydrogens is 299 g/mol. The molecule has 118 valence electrons. The van der Waals surface area contributed by atoms with E-state index in [1.54, 1.807) is 24.5 Å². The maximum Gasteiger partial charge on any atom is 0.126 e. The Hall–Kier alpha value is -1.30. The molecule has 0 spiro atoms. The van der Waals surface area contributed by atoms with Crippen molar-refractivity contribution < 1.29 is 9.13 Å². The Bertz CT molecular complexity index is 590. The van der Waals surface area contributed by atoms with Crippen LogP contribution in [0.4, 0.5) is 4.39 Å². The molecule has 0 N–H and O–H groups in total. The Morgan fingerprint density at radius 3 is 3.00 bits per heavy atom. The highest BCUT2D eigenvalue weighted by Gasteiger charge is 2.30. The molecule has 3 nitrogen and oxygen atoms in total. The van der Waals surface area contributed by atoms with Gasteiger partial charge in [-0.2, -0.15) is 0 Å². The van der Waals surface area contributed by atoms with Crippen LogP contribution in [0, 0.1) is 11.7 Å². The zero-order chi connectivity index (χ0) is 15.4. The number of hydrogen-bond donors (Lipinski definition) is 0. The lowest BCUT2D eigenvalue weighted by Crippen LogP contribution is -2.44. The average molecular weight is 320 g/mol. The largest absolute Gasteiger partial charge is 0.381 e. The number of hydrogen-bond acceptors (Lipinski definition) is 4. The quantitative estimate of drug-likeness (QED) is 0.845. The lowest BCUT2D eigenvalue weighted by atomic mass is 9.88. The molecular formula is C17H21FN2OS. The highest BCUT2D eigenvalue weighted by molar-refractivity contribution is 7.07. The van der Waals surface area contributed by atoms with E-state index in [-0.39, 0.29) is 11.9 Å². The molecule has 22 heavy (non-hydrogen) atoms. The van der Waals surface area contributed by atoms with E-state index < -0.39 is 0 Å². The number of rotatable bonds is 5. The Labute approximate surface area is 134 Å². The maximum absolute atomic E-state index is 13.9. The minimum atomic E-state index is -0.117. The van der Waals surface area contributed by atoms with Crippen LogP contribution in [0.5, 0.6) is 0 Å². The first kappa shape index (κ1) is 15.6. The Kier molecular flexibility index (Phi) is 5.18. The number of thiazole rings is 1. The van der Waals surface area contributed by atoms with Crippen LogP contribution in [0.15, 0.2) is 35.2 Å². The highest BCUT2D eigenvalue weighted by Crippen LogP contribution is 2.25. The predicted molar refractivity (Wildman–Crippen MR) is 86.4 cm³/mol. The van der Waals surface area contributed by atoms with Gasteiger partial charge in [0, 0.05) is 38.0 Å². The fourth-order valence-corrected chi connectivity index (χ4v) is 3.78. The smallest absolute Gasteiger partial charge is 0.126 e. The van der Waals surface area contributed by atoms with E-state index in [4.69, 9.17) is 4.74 Å². The standard InChI is InChI=1S/C17H21FN2OS/c1-21-17-6-7-20(10-15-11-22-12-19-15)9-14(17)8-13-4-2-3-5-16(13)18/h2-5,11-12,14,17H,6-10H2,1H3/t14-,17+/m1/s1. The molecule has 1 aromatic carbocycles. The second-order valence-electron chi connectivity index (χ2n) is 5.83. The fourth-order valence-electron chi connectivity index (χ4n) is 3.23. The molecule has 1 aliphatic rings. The third-order valence-corrected chi connectivity index (χ3v) is 5.00. The number of aromatic nitrogens is 1. The lowest BCUT2D eigenvalue weighted by molar-refractivity contribution is -0.00898. The van der Waals surface area contributed by atoms with E-state index in [0.717, 1.165) is 43.7 Å². The number of nitrogens with zero attached hydrogens (tertiary/aromatic N) is 2. The Morgan fingerprint density at radius 2 is 2.27 bits per heavy atom. The molecule has 0 unspecified atom stereocenters. The fraction of sp³-hybridized carbons (Fsp3) is 0.471. The van der Waals surface area contributed by atoms with Gasteiger partial charge in [-0.1, -0.05) is 18.2 Å². The summed E-state index contributed by atoms with van der Waals surface area (Å²) >= 11 is 1.63.